The topological polar surface area (TPSA) is 67.8 Å². The van der Waals surface area contributed by atoms with E-state index in [1.54, 1.807) is 0 Å². The van der Waals surface area contributed by atoms with Gasteiger partial charge in [-0.25, -0.2) is 0 Å². The van der Waals surface area contributed by atoms with Gasteiger partial charge in [0.15, 0.2) is 0 Å². The average molecular weight is 249 g/mol. The van der Waals surface area contributed by atoms with Gasteiger partial charge in [-0.05, 0) is 18.1 Å². The first-order chi connectivity index (χ1) is 8.68. The number of ether oxygens (including phenoxy) is 1. The Bertz CT molecular complexity index is 438. The van der Waals surface area contributed by atoms with E-state index in [0.29, 0.717) is 25.5 Å². The maximum Gasteiger partial charge on any atom is 0.495 e. The first-order valence-electron chi connectivity index (χ1n) is 5.97. The van der Waals surface area contributed by atoms with Crippen LogP contribution in [-0.2, 0) is 16.1 Å². The van der Waals surface area contributed by atoms with Gasteiger partial charge in [0.1, 0.15) is 5.75 Å². The molecule has 0 atom stereocenters. The fourth-order valence-corrected chi connectivity index (χ4v) is 1.89. The number of carbonyl (C=O) groups excluding carboxylic acids is 1. The molecule has 0 fully saturated rings. The molecule has 2 rings (SSSR count). The SMILES string of the molecule is CC(=O)NCCCOc1cccc2c1B(O)OC2. The van der Waals surface area contributed by atoms with Gasteiger partial charge in [0.2, 0.25) is 5.91 Å². The summed E-state index contributed by atoms with van der Waals surface area (Å²) in [6.07, 6.45) is 0.722. The summed E-state index contributed by atoms with van der Waals surface area (Å²) >= 11 is 0. The van der Waals surface area contributed by atoms with E-state index in [4.69, 9.17) is 9.39 Å². The summed E-state index contributed by atoms with van der Waals surface area (Å²) in [4.78, 5) is 10.7. The molecular weight excluding hydrogens is 233 g/mol. The zero-order valence-corrected chi connectivity index (χ0v) is 10.3. The fraction of sp³-hybridized carbons (Fsp3) is 0.417. The third-order valence-electron chi connectivity index (χ3n) is 2.75. The molecule has 0 aromatic heterocycles. The quantitative estimate of drug-likeness (QED) is 0.560. The van der Waals surface area contributed by atoms with Crippen LogP contribution in [0.2, 0.25) is 0 Å². The molecule has 1 aromatic rings. The van der Waals surface area contributed by atoms with Crippen molar-refractivity contribution >= 4 is 18.5 Å². The van der Waals surface area contributed by atoms with Gasteiger partial charge in [0.05, 0.1) is 13.2 Å². The lowest BCUT2D eigenvalue weighted by molar-refractivity contribution is -0.118. The summed E-state index contributed by atoms with van der Waals surface area (Å²) in [6, 6.07) is 5.61. The van der Waals surface area contributed by atoms with Crippen LogP contribution in [0.3, 0.4) is 0 Å². The van der Waals surface area contributed by atoms with E-state index >= 15 is 0 Å². The van der Waals surface area contributed by atoms with E-state index in [1.807, 2.05) is 18.2 Å². The second kappa shape index (κ2) is 5.88. The first-order valence-corrected chi connectivity index (χ1v) is 5.97. The van der Waals surface area contributed by atoms with E-state index in [9.17, 15) is 9.82 Å². The molecule has 0 unspecified atom stereocenters. The molecule has 5 nitrogen and oxygen atoms in total. The number of benzene rings is 1. The standard InChI is InChI=1S/C12H16BNO4/c1-9(15)14-6-3-7-17-11-5-2-4-10-8-18-13(16)12(10)11/h2,4-5,16H,3,6-8H2,1H3,(H,14,15). The molecule has 1 heterocycles. The van der Waals surface area contributed by atoms with Crippen LogP contribution in [0.5, 0.6) is 5.75 Å². The minimum Gasteiger partial charge on any atom is -0.494 e. The second-order valence-electron chi connectivity index (χ2n) is 4.18. The molecule has 0 aliphatic carbocycles. The van der Waals surface area contributed by atoms with E-state index in [-0.39, 0.29) is 5.91 Å². The molecule has 0 radical (unpaired) electrons. The van der Waals surface area contributed by atoms with Crippen molar-refractivity contribution in [2.24, 2.45) is 0 Å². The van der Waals surface area contributed by atoms with Crippen molar-refractivity contribution in [2.45, 2.75) is 20.0 Å². The number of fused-ring (bicyclic) bond motifs is 1. The number of carbonyl (C=O) groups is 1. The van der Waals surface area contributed by atoms with Gasteiger partial charge >= 0.3 is 7.12 Å². The number of amides is 1. The van der Waals surface area contributed by atoms with Gasteiger partial charge in [-0.1, -0.05) is 12.1 Å². The van der Waals surface area contributed by atoms with E-state index in [1.165, 1.54) is 6.92 Å². The zero-order chi connectivity index (χ0) is 13.0. The van der Waals surface area contributed by atoms with Gasteiger partial charge in [-0.2, -0.15) is 0 Å². The summed E-state index contributed by atoms with van der Waals surface area (Å²) in [5.74, 6) is 0.611. The maximum atomic E-state index is 10.7. The van der Waals surface area contributed by atoms with Gasteiger partial charge in [0.25, 0.3) is 0 Å². The monoisotopic (exact) mass is 249 g/mol. The number of hydrogen-bond acceptors (Lipinski definition) is 4. The Morgan fingerprint density at radius 1 is 1.61 bits per heavy atom. The van der Waals surface area contributed by atoms with Crippen LogP contribution in [0.25, 0.3) is 0 Å². The third-order valence-corrected chi connectivity index (χ3v) is 2.75. The molecule has 0 saturated heterocycles. The molecule has 6 heteroatoms. The normalized spacial score (nSPS) is 13.3. The van der Waals surface area contributed by atoms with Crippen molar-refractivity contribution in [3.8, 4) is 5.75 Å². The zero-order valence-electron chi connectivity index (χ0n) is 10.3. The Kier molecular flexibility index (Phi) is 4.22. The van der Waals surface area contributed by atoms with Crippen molar-refractivity contribution in [3.05, 3.63) is 23.8 Å². The Morgan fingerprint density at radius 3 is 3.22 bits per heavy atom. The van der Waals surface area contributed by atoms with Crippen LogP contribution in [0.15, 0.2) is 18.2 Å². The summed E-state index contributed by atoms with van der Waals surface area (Å²) in [5.41, 5.74) is 1.68. The lowest BCUT2D eigenvalue weighted by Gasteiger charge is -2.10. The lowest BCUT2D eigenvalue weighted by atomic mass is 9.79. The van der Waals surface area contributed by atoms with E-state index in [0.717, 1.165) is 17.4 Å². The molecule has 1 aliphatic rings. The van der Waals surface area contributed by atoms with Crippen LogP contribution in [0, 0.1) is 0 Å². The number of rotatable bonds is 5. The lowest BCUT2D eigenvalue weighted by Crippen LogP contribution is -2.30. The predicted molar refractivity (Wildman–Crippen MR) is 67.6 cm³/mol. The van der Waals surface area contributed by atoms with Crippen LogP contribution < -0.4 is 15.5 Å². The molecule has 96 valence electrons. The summed E-state index contributed by atoms with van der Waals surface area (Å²) in [6.45, 7) is 2.98. The van der Waals surface area contributed by atoms with Crippen molar-refractivity contribution in [1.82, 2.24) is 5.32 Å². The molecule has 0 saturated carbocycles. The van der Waals surface area contributed by atoms with Crippen molar-refractivity contribution in [1.29, 1.82) is 0 Å². The summed E-state index contributed by atoms with van der Waals surface area (Å²) in [5, 5.41) is 12.4. The van der Waals surface area contributed by atoms with Crippen LogP contribution in [0.4, 0.5) is 0 Å². The fourth-order valence-electron chi connectivity index (χ4n) is 1.89. The maximum absolute atomic E-state index is 10.7. The Hall–Kier alpha value is -1.53. The second-order valence-corrected chi connectivity index (χ2v) is 4.18. The minimum absolute atomic E-state index is 0.0422. The smallest absolute Gasteiger partial charge is 0.494 e. The minimum atomic E-state index is -0.897. The van der Waals surface area contributed by atoms with Gasteiger partial charge in [-0.3, -0.25) is 4.79 Å². The molecule has 2 N–H and O–H groups in total. The van der Waals surface area contributed by atoms with Crippen molar-refractivity contribution in [3.63, 3.8) is 0 Å². The predicted octanol–water partition coefficient (Wildman–Crippen LogP) is -0.191. The highest BCUT2D eigenvalue weighted by molar-refractivity contribution is 6.62. The van der Waals surface area contributed by atoms with Crippen LogP contribution >= 0.6 is 0 Å². The summed E-state index contributed by atoms with van der Waals surface area (Å²) in [7, 11) is -0.897. The van der Waals surface area contributed by atoms with Crippen molar-refractivity contribution < 1.29 is 19.2 Å². The molecular formula is C12H16BNO4. The highest BCUT2D eigenvalue weighted by Crippen LogP contribution is 2.18. The molecule has 1 amide bonds. The third kappa shape index (κ3) is 3.03. The molecule has 1 aliphatic heterocycles. The van der Waals surface area contributed by atoms with Crippen LogP contribution in [-0.4, -0.2) is 31.2 Å². The largest absolute Gasteiger partial charge is 0.495 e. The van der Waals surface area contributed by atoms with Crippen molar-refractivity contribution in [2.75, 3.05) is 13.2 Å². The average Bonchev–Trinajstić information content (AvgIpc) is 2.71. The Morgan fingerprint density at radius 2 is 2.44 bits per heavy atom. The highest BCUT2D eigenvalue weighted by atomic mass is 16.5. The Labute approximate surface area is 106 Å². The van der Waals surface area contributed by atoms with E-state index < -0.39 is 7.12 Å². The first kappa shape index (κ1) is 12.9. The molecule has 1 aromatic carbocycles. The molecule has 0 bridgehead atoms. The molecule has 0 spiro atoms. The van der Waals surface area contributed by atoms with E-state index in [2.05, 4.69) is 5.32 Å². The summed E-state index contributed by atoms with van der Waals surface area (Å²) < 4.78 is 10.8. The molecule has 18 heavy (non-hydrogen) atoms. The Balaban J connectivity index is 1.87. The van der Waals surface area contributed by atoms with Gasteiger partial charge < -0.3 is 19.7 Å². The number of hydrogen-bond donors (Lipinski definition) is 2. The van der Waals surface area contributed by atoms with Gasteiger partial charge in [0, 0.05) is 18.9 Å². The highest BCUT2D eigenvalue weighted by Gasteiger charge is 2.30. The number of nitrogens with one attached hydrogen (secondary N) is 1. The van der Waals surface area contributed by atoms with Gasteiger partial charge in [-0.15, -0.1) is 0 Å². The van der Waals surface area contributed by atoms with Crippen LogP contribution in [0.1, 0.15) is 18.9 Å².